The third-order valence-electron chi connectivity index (χ3n) is 6.04. The van der Waals surface area contributed by atoms with Crippen LogP contribution >= 0.6 is 11.6 Å². The lowest BCUT2D eigenvalue weighted by molar-refractivity contribution is -0.0505. The molecule has 0 bridgehead atoms. The van der Waals surface area contributed by atoms with Crippen LogP contribution in [0.4, 0.5) is 13.2 Å². The maximum Gasteiger partial charge on any atom is 0.387 e. The van der Waals surface area contributed by atoms with Crippen LogP contribution in [0.5, 0.6) is 5.75 Å². The summed E-state index contributed by atoms with van der Waals surface area (Å²) in [6, 6.07) is 4.01. The van der Waals surface area contributed by atoms with Crippen molar-refractivity contribution in [2.75, 3.05) is 6.61 Å². The molecule has 1 aromatic carbocycles. The molecule has 4 aromatic rings. The second-order valence-corrected chi connectivity index (χ2v) is 8.68. The Hall–Kier alpha value is -3.08. The molecular weight excluding hydrogens is 485 g/mol. The van der Waals surface area contributed by atoms with Gasteiger partial charge >= 0.3 is 6.61 Å². The van der Waals surface area contributed by atoms with Gasteiger partial charge in [-0.05, 0) is 37.6 Å². The van der Waals surface area contributed by atoms with Gasteiger partial charge in [0.15, 0.2) is 0 Å². The zero-order valence-corrected chi connectivity index (χ0v) is 19.9. The van der Waals surface area contributed by atoms with Crippen LogP contribution in [0.3, 0.4) is 0 Å². The van der Waals surface area contributed by atoms with Gasteiger partial charge in [0, 0.05) is 46.1 Å². The van der Waals surface area contributed by atoms with E-state index < -0.39 is 24.5 Å². The number of hydrogen-bond acceptors (Lipinski definition) is 5. The van der Waals surface area contributed by atoms with Crippen molar-refractivity contribution in [1.29, 1.82) is 0 Å². The number of alkyl halides is 2. The smallest absolute Gasteiger partial charge is 0.387 e. The van der Waals surface area contributed by atoms with Crippen LogP contribution in [0.25, 0.3) is 22.2 Å². The SMILES string of the molecule is Cc1nn(CC(O)CO)c(C)c1-c1cnc2[nH]cc(C(C)c3c(OC(F)F)ccc(F)c3Cl)c2c1. The van der Waals surface area contributed by atoms with E-state index in [2.05, 4.69) is 19.8 Å². The quantitative estimate of drug-likeness (QED) is 0.313. The first-order valence-electron chi connectivity index (χ1n) is 10.8. The molecule has 7 nitrogen and oxygen atoms in total. The van der Waals surface area contributed by atoms with Crippen LogP contribution in [0.2, 0.25) is 5.02 Å². The fourth-order valence-corrected chi connectivity index (χ4v) is 4.69. The third-order valence-corrected chi connectivity index (χ3v) is 6.42. The zero-order valence-electron chi connectivity index (χ0n) is 19.2. The lowest BCUT2D eigenvalue weighted by Gasteiger charge is -2.18. The van der Waals surface area contributed by atoms with Gasteiger partial charge in [-0.25, -0.2) is 9.37 Å². The van der Waals surface area contributed by atoms with Crippen molar-refractivity contribution in [2.24, 2.45) is 0 Å². The molecule has 11 heteroatoms. The normalized spacial score (nSPS) is 13.5. The highest BCUT2D eigenvalue weighted by atomic mass is 35.5. The Labute approximate surface area is 204 Å². The van der Waals surface area contributed by atoms with E-state index in [-0.39, 0.29) is 29.5 Å². The Bertz CT molecular complexity index is 1370. The van der Waals surface area contributed by atoms with Crippen molar-refractivity contribution in [1.82, 2.24) is 19.7 Å². The lowest BCUT2D eigenvalue weighted by Crippen LogP contribution is -2.21. The number of aliphatic hydroxyl groups is 2. The minimum atomic E-state index is -3.09. The summed E-state index contributed by atoms with van der Waals surface area (Å²) in [5.74, 6) is -1.55. The van der Waals surface area contributed by atoms with Gasteiger partial charge in [0.25, 0.3) is 0 Å². The van der Waals surface area contributed by atoms with Gasteiger partial charge in [0.2, 0.25) is 0 Å². The maximum absolute atomic E-state index is 14.3. The molecule has 3 heterocycles. The summed E-state index contributed by atoms with van der Waals surface area (Å²) in [6.07, 6.45) is 2.41. The van der Waals surface area contributed by atoms with Gasteiger partial charge in [-0.3, -0.25) is 4.68 Å². The van der Waals surface area contributed by atoms with Gasteiger partial charge in [-0.1, -0.05) is 18.5 Å². The zero-order chi connectivity index (χ0) is 25.4. The van der Waals surface area contributed by atoms with Gasteiger partial charge in [0.1, 0.15) is 17.2 Å². The van der Waals surface area contributed by atoms with E-state index in [1.165, 1.54) is 0 Å². The number of benzene rings is 1. The number of ether oxygens (including phenoxy) is 1. The summed E-state index contributed by atoms with van der Waals surface area (Å²) >= 11 is 6.19. The predicted molar refractivity (Wildman–Crippen MR) is 125 cm³/mol. The van der Waals surface area contributed by atoms with Gasteiger partial charge < -0.3 is 19.9 Å². The van der Waals surface area contributed by atoms with Crippen LogP contribution in [-0.2, 0) is 6.54 Å². The average Bonchev–Trinajstić information content (AvgIpc) is 3.35. The van der Waals surface area contributed by atoms with E-state index >= 15 is 0 Å². The van der Waals surface area contributed by atoms with Crippen molar-refractivity contribution in [3.8, 4) is 16.9 Å². The number of rotatable bonds is 8. The number of aliphatic hydroxyl groups excluding tert-OH is 2. The molecule has 0 amide bonds. The number of hydrogen-bond donors (Lipinski definition) is 3. The Morgan fingerprint density at radius 2 is 2.00 bits per heavy atom. The summed E-state index contributed by atoms with van der Waals surface area (Å²) in [4.78, 5) is 7.55. The van der Waals surface area contributed by atoms with E-state index in [0.717, 1.165) is 29.0 Å². The van der Waals surface area contributed by atoms with Crippen molar-refractivity contribution in [3.05, 3.63) is 63.9 Å². The molecule has 0 saturated heterocycles. The first-order valence-corrected chi connectivity index (χ1v) is 11.2. The Morgan fingerprint density at radius 3 is 2.69 bits per heavy atom. The highest BCUT2D eigenvalue weighted by Gasteiger charge is 2.25. The topological polar surface area (TPSA) is 96.2 Å². The van der Waals surface area contributed by atoms with Gasteiger partial charge in [-0.15, -0.1) is 0 Å². The standard InChI is InChI=1S/C24H24ClF3N4O3/c1-11(20-19(35-24(27)28)5-4-18(26)22(20)25)17-8-30-23-16(17)6-14(7-29-23)21-12(2)31-32(13(21)3)9-15(34)10-33/h4-8,11,15,24,33-34H,9-10H2,1-3H3,(H,29,30). The molecule has 3 N–H and O–H groups in total. The summed E-state index contributed by atoms with van der Waals surface area (Å²) in [5.41, 5.74) is 4.38. The second kappa shape index (κ2) is 9.88. The molecule has 2 unspecified atom stereocenters. The minimum Gasteiger partial charge on any atom is -0.434 e. The Balaban J connectivity index is 1.81. The first-order chi connectivity index (χ1) is 16.6. The van der Waals surface area contributed by atoms with Crippen LogP contribution in [0, 0.1) is 19.7 Å². The largest absolute Gasteiger partial charge is 0.434 e. The number of aromatic nitrogens is 4. The number of H-pyrrole nitrogens is 1. The number of fused-ring (bicyclic) bond motifs is 1. The van der Waals surface area contributed by atoms with E-state index in [1.54, 1.807) is 24.0 Å². The Morgan fingerprint density at radius 1 is 1.26 bits per heavy atom. The molecule has 186 valence electrons. The molecule has 4 rings (SSSR count). The van der Waals surface area contributed by atoms with E-state index in [1.807, 2.05) is 19.9 Å². The van der Waals surface area contributed by atoms with Crippen LogP contribution < -0.4 is 4.74 Å². The average molecular weight is 509 g/mol. The van der Waals surface area contributed by atoms with Gasteiger partial charge in [-0.2, -0.15) is 13.9 Å². The summed E-state index contributed by atoms with van der Waals surface area (Å²) in [7, 11) is 0. The maximum atomic E-state index is 14.3. The van der Waals surface area contributed by atoms with E-state index in [9.17, 15) is 18.3 Å². The monoisotopic (exact) mass is 508 g/mol. The predicted octanol–water partition coefficient (Wildman–Crippen LogP) is 4.94. The van der Waals surface area contributed by atoms with Crippen molar-refractivity contribution in [3.63, 3.8) is 0 Å². The molecule has 0 saturated carbocycles. The number of aryl methyl sites for hydroxylation is 1. The highest BCUT2D eigenvalue weighted by Crippen LogP contribution is 2.41. The molecule has 0 fully saturated rings. The molecule has 0 radical (unpaired) electrons. The number of nitrogens with one attached hydrogen (secondary N) is 1. The van der Waals surface area contributed by atoms with Crippen molar-refractivity contribution >= 4 is 22.6 Å². The Kier molecular flexibility index (Phi) is 7.07. The molecular formula is C24H24ClF3N4O3. The first kappa shape index (κ1) is 25.0. The molecule has 3 aromatic heterocycles. The fourth-order valence-electron chi connectivity index (χ4n) is 4.37. The molecule has 0 aliphatic rings. The van der Waals surface area contributed by atoms with Crippen LogP contribution in [-0.4, -0.2) is 49.3 Å². The van der Waals surface area contributed by atoms with Crippen LogP contribution in [0.1, 0.15) is 35.4 Å². The number of nitrogens with zero attached hydrogens (tertiary/aromatic N) is 3. The minimum absolute atomic E-state index is 0.108. The van der Waals surface area contributed by atoms with E-state index in [4.69, 9.17) is 16.7 Å². The molecule has 2 atom stereocenters. The fraction of sp³-hybridized carbons (Fsp3) is 0.333. The molecule has 35 heavy (non-hydrogen) atoms. The van der Waals surface area contributed by atoms with Gasteiger partial charge in [0.05, 0.1) is 30.0 Å². The summed E-state index contributed by atoms with van der Waals surface area (Å²) in [6.45, 7) is 2.06. The summed E-state index contributed by atoms with van der Waals surface area (Å²) < 4.78 is 46.5. The van der Waals surface area contributed by atoms with Crippen LogP contribution in [0.15, 0.2) is 30.6 Å². The number of halogens is 4. The molecule has 0 spiro atoms. The lowest BCUT2D eigenvalue weighted by atomic mass is 9.91. The van der Waals surface area contributed by atoms with Crippen molar-refractivity contribution < 1.29 is 28.1 Å². The van der Waals surface area contributed by atoms with Crippen molar-refractivity contribution in [2.45, 2.75) is 45.9 Å². The highest BCUT2D eigenvalue weighted by molar-refractivity contribution is 6.31. The summed E-state index contributed by atoms with van der Waals surface area (Å²) in [5, 5.41) is 23.9. The second-order valence-electron chi connectivity index (χ2n) is 8.30. The number of pyridine rings is 1. The third kappa shape index (κ3) is 4.73. The number of aromatic amines is 1. The molecule has 0 aliphatic heterocycles. The van der Waals surface area contributed by atoms with E-state index in [0.29, 0.717) is 22.3 Å². The molecule has 0 aliphatic carbocycles.